The molecule has 2 N–H and O–H groups in total. The summed E-state index contributed by atoms with van der Waals surface area (Å²) < 4.78 is 54.9. The van der Waals surface area contributed by atoms with Crippen molar-refractivity contribution in [3.63, 3.8) is 0 Å². The minimum absolute atomic E-state index is 0.103. The molecule has 0 saturated carbocycles. The van der Waals surface area contributed by atoms with Crippen LogP contribution in [-0.2, 0) is 0 Å². The molecule has 0 spiro atoms. The molecule has 0 amide bonds. The molecule has 0 fully saturated rings. The predicted molar refractivity (Wildman–Crippen MR) is 65.3 cm³/mol. The van der Waals surface area contributed by atoms with Crippen LogP contribution in [0.3, 0.4) is 0 Å². The molecule has 3 rings (SSSR count). The van der Waals surface area contributed by atoms with Crippen molar-refractivity contribution in [3.05, 3.63) is 53.6 Å². The van der Waals surface area contributed by atoms with E-state index in [4.69, 9.17) is 5.73 Å². The number of benzene rings is 2. The third-order valence-electron chi connectivity index (χ3n) is 2.88. The molecule has 0 bridgehead atoms. The quantitative estimate of drug-likeness (QED) is 0.550. The maximum atomic E-state index is 13.8. The first kappa shape index (κ1) is 12.5. The summed E-state index contributed by atoms with van der Waals surface area (Å²) in [4.78, 5) is 3.74. The van der Waals surface area contributed by atoms with Crippen LogP contribution in [0, 0.1) is 23.3 Å². The molecule has 0 saturated heterocycles. The zero-order valence-corrected chi connectivity index (χ0v) is 9.87. The van der Waals surface area contributed by atoms with Gasteiger partial charge >= 0.3 is 0 Å². The third kappa shape index (κ3) is 1.70. The Morgan fingerprint density at radius 3 is 2.50 bits per heavy atom. The summed E-state index contributed by atoms with van der Waals surface area (Å²) >= 11 is 0. The molecular weight excluding hydrogens is 274 g/mol. The van der Waals surface area contributed by atoms with Crippen LogP contribution >= 0.6 is 0 Å². The van der Waals surface area contributed by atoms with Crippen molar-refractivity contribution in [3.8, 4) is 5.69 Å². The fourth-order valence-electron chi connectivity index (χ4n) is 2.04. The Labute approximate surface area is 110 Å². The zero-order valence-electron chi connectivity index (χ0n) is 9.87. The van der Waals surface area contributed by atoms with Gasteiger partial charge in [-0.15, -0.1) is 0 Å². The number of nitrogens with two attached hydrogens (primary N) is 1. The van der Waals surface area contributed by atoms with Crippen LogP contribution in [0.2, 0.25) is 0 Å². The number of fused-ring (bicyclic) bond motifs is 1. The van der Waals surface area contributed by atoms with Crippen LogP contribution in [0.15, 0.2) is 30.3 Å². The van der Waals surface area contributed by atoms with E-state index in [0.29, 0.717) is 6.07 Å². The van der Waals surface area contributed by atoms with Crippen molar-refractivity contribution < 1.29 is 17.6 Å². The second kappa shape index (κ2) is 4.22. The number of hydrogen-bond acceptors (Lipinski definition) is 2. The topological polar surface area (TPSA) is 43.8 Å². The Bertz CT molecular complexity index is 826. The average molecular weight is 281 g/mol. The molecule has 7 heteroatoms. The average Bonchev–Trinajstić information content (AvgIpc) is 2.72. The highest BCUT2D eigenvalue weighted by Gasteiger charge is 2.19. The summed E-state index contributed by atoms with van der Waals surface area (Å²) in [6.07, 6.45) is 0. The molecule has 20 heavy (non-hydrogen) atoms. The number of aromatic nitrogens is 2. The lowest BCUT2D eigenvalue weighted by Crippen LogP contribution is -2.05. The summed E-state index contributed by atoms with van der Waals surface area (Å²) in [6, 6.07) is 5.12. The normalized spacial score (nSPS) is 11.2. The van der Waals surface area contributed by atoms with E-state index < -0.39 is 29.0 Å². The number of nitrogen functional groups attached to an aromatic ring is 1. The van der Waals surface area contributed by atoms with E-state index in [9.17, 15) is 17.6 Å². The second-order valence-electron chi connectivity index (χ2n) is 4.13. The van der Waals surface area contributed by atoms with Crippen LogP contribution in [0.5, 0.6) is 0 Å². The van der Waals surface area contributed by atoms with Gasteiger partial charge < -0.3 is 5.73 Å². The van der Waals surface area contributed by atoms with E-state index in [1.807, 2.05) is 0 Å². The summed E-state index contributed by atoms with van der Waals surface area (Å²) in [7, 11) is 0. The van der Waals surface area contributed by atoms with E-state index in [0.717, 1.165) is 16.7 Å². The van der Waals surface area contributed by atoms with Crippen molar-refractivity contribution in [2.75, 3.05) is 5.73 Å². The predicted octanol–water partition coefficient (Wildman–Crippen LogP) is 3.16. The Hall–Kier alpha value is -2.57. The molecule has 0 aliphatic rings. The van der Waals surface area contributed by atoms with Gasteiger partial charge in [0.2, 0.25) is 5.95 Å². The van der Waals surface area contributed by atoms with Gasteiger partial charge in [-0.1, -0.05) is 6.07 Å². The van der Waals surface area contributed by atoms with Crippen molar-refractivity contribution in [2.45, 2.75) is 0 Å². The molecule has 3 aromatic rings. The Balaban J connectivity index is 2.41. The zero-order chi connectivity index (χ0) is 14.4. The first-order valence-corrected chi connectivity index (χ1v) is 5.56. The van der Waals surface area contributed by atoms with Crippen molar-refractivity contribution in [1.29, 1.82) is 0 Å². The third-order valence-corrected chi connectivity index (χ3v) is 2.88. The minimum atomic E-state index is -1.36. The highest BCUT2D eigenvalue weighted by atomic mass is 19.2. The van der Waals surface area contributed by atoms with Crippen LogP contribution < -0.4 is 5.73 Å². The van der Waals surface area contributed by atoms with Gasteiger partial charge in [0, 0.05) is 12.1 Å². The summed E-state index contributed by atoms with van der Waals surface area (Å²) in [5.74, 6) is -4.56. The standard InChI is InChI=1S/C13H7F4N3/c14-6-4-8(16)11(17)10(5-6)20-9-3-1-2-7(15)12(9)19-13(20)18/h1-5H,(H2,18,19). The van der Waals surface area contributed by atoms with E-state index in [2.05, 4.69) is 4.98 Å². The number of nitrogens with zero attached hydrogens (tertiary/aromatic N) is 2. The van der Waals surface area contributed by atoms with Crippen molar-refractivity contribution in [1.82, 2.24) is 9.55 Å². The smallest absolute Gasteiger partial charge is 0.206 e. The van der Waals surface area contributed by atoms with Gasteiger partial charge in [-0.05, 0) is 12.1 Å². The molecule has 0 aliphatic heterocycles. The summed E-state index contributed by atoms with van der Waals surface area (Å²) in [6.45, 7) is 0. The number of halogens is 4. The van der Waals surface area contributed by atoms with E-state index in [-0.39, 0.29) is 17.0 Å². The highest BCUT2D eigenvalue weighted by molar-refractivity contribution is 5.81. The largest absolute Gasteiger partial charge is 0.369 e. The molecule has 1 aromatic heterocycles. The van der Waals surface area contributed by atoms with Gasteiger partial charge in [-0.2, -0.15) is 0 Å². The van der Waals surface area contributed by atoms with Crippen molar-refractivity contribution in [2.24, 2.45) is 0 Å². The van der Waals surface area contributed by atoms with Gasteiger partial charge in [0.25, 0.3) is 0 Å². The number of hydrogen-bond donors (Lipinski definition) is 1. The molecule has 102 valence electrons. The SMILES string of the molecule is Nc1nc2c(F)cccc2n1-c1cc(F)cc(F)c1F. The van der Waals surface area contributed by atoms with E-state index >= 15 is 0 Å². The van der Waals surface area contributed by atoms with E-state index in [1.54, 1.807) is 0 Å². The first-order valence-electron chi connectivity index (χ1n) is 5.56. The fourth-order valence-corrected chi connectivity index (χ4v) is 2.04. The highest BCUT2D eigenvalue weighted by Crippen LogP contribution is 2.27. The Kier molecular flexibility index (Phi) is 2.63. The van der Waals surface area contributed by atoms with E-state index in [1.165, 1.54) is 12.1 Å². The molecule has 0 radical (unpaired) electrons. The minimum Gasteiger partial charge on any atom is -0.369 e. The van der Waals surface area contributed by atoms with Gasteiger partial charge in [0.1, 0.15) is 11.3 Å². The maximum Gasteiger partial charge on any atom is 0.206 e. The molecule has 2 aromatic carbocycles. The molecule has 1 heterocycles. The molecule has 3 nitrogen and oxygen atoms in total. The van der Waals surface area contributed by atoms with Crippen LogP contribution in [0.4, 0.5) is 23.5 Å². The number of anilines is 1. The molecule has 0 unspecified atom stereocenters. The lowest BCUT2D eigenvalue weighted by molar-refractivity contribution is 0.491. The van der Waals surface area contributed by atoms with Crippen LogP contribution in [0.25, 0.3) is 16.7 Å². The fraction of sp³-hybridized carbons (Fsp3) is 0. The van der Waals surface area contributed by atoms with Gasteiger partial charge in [0.15, 0.2) is 17.5 Å². The monoisotopic (exact) mass is 281 g/mol. The second-order valence-corrected chi connectivity index (χ2v) is 4.13. The lowest BCUT2D eigenvalue weighted by atomic mass is 10.2. The lowest BCUT2D eigenvalue weighted by Gasteiger charge is -2.08. The van der Waals surface area contributed by atoms with Crippen LogP contribution in [0.1, 0.15) is 0 Å². The number of imidazole rings is 1. The molecule has 0 aliphatic carbocycles. The first-order chi connectivity index (χ1) is 9.49. The van der Waals surface area contributed by atoms with Gasteiger partial charge in [0.05, 0.1) is 11.2 Å². The number of para-hydroxylation sites is 1. The van der Waals surface area contributed by atoms with Crippen LogP contribution in [-0.4, -0.2) is 9.55 Å². The van der Waals surface area contributed by atoms with Gasteiger partial charge in [-0.25, -0.2) is 22.5 Å². The number of rotatable bonds is 1. The molecular formula is C13H7F4N3. The molecule has 0 atom stereocenters. The van der Waals surface area contributed by atoms with Gasteiger partial charge in [-0.3, -0.25) is 4.57 Å². The Morgan fingerprint density at radius 2 is 1.75 bits per heavy atom. The maximum absolute atomic E-state index is 13.8. The summed E-state index contributed by atoms with van der Waals surface area (Å²) in [5, 5.41) is 0. The van der Waals surface area contributed by atoms with Crippen molar-refractivity contribution >= 4 is 17.0 Å². The Morgan fingerprint density at radius 1 is 1.00 bits per heavy atom. The summed E-state index contributed by atoms with van der Waals surface area (Å²) in [5.41, 5.74) is 5.15.